The fraction of sp³-hybridized carbons (Fsp3) is 0.650. The maximum absolute atomic E-state index is 12.4. The minimum atomic E-state index is -0.330. The van der Waals surface area contributed by atoms with Crippen molar-refractivity contribution >= 4 is 11.8 Å². The molecule has 6 nitrogen and oxygen atoms in total. The highest BCUT2D eigenvalue weighted by Gasteiger charge is 2.33. The summed E-state index contributed by atoms with van der Waals surface area (Å²) in [4.78, 5) is 31.0. The molecule has 142 valence electrons. The Morgan fingerprint density at radius 1 is 1.31 bits per heavy atom. The van der Waals surface area contributed by atoms with Crippen LogP contribution in [0.2, 0.25) is 0 Å². The topological polar surface area (TPSA) is 74.3 Å². The summed E-state index contributed by atoms with van der Waals surface area (Å²) < 4.78 is 0. The molecule has 0 bridgehead atoms. The number of aromatic nitrogens is 1. The van der Waals surface area contributed by atoms with Gasteiger partial charge in [0.25, 0.3) is 0 Å². The Morgan fingerprint density at radius 3 is 2.92 bits per heavy atom. The molecule has 3 rings (SSSR count). The molecule has 0 aromatic carbocycles. The van der Waals surface area contributed by atoms with E-state index in [9.17, 15) is 9.59 Å². The van der Waals surface area contributed by atoms with E-state index in [0.29, 0.717) is 19.0 Å². The van der Waals surface area contributed by atoms with E-state index < -0.39 is 0 Å². The van der Waals surface area contributed by atoms with Gasteiger partial charge >= 0.3 is 0 Å². The van der Waals surface area contributed by atoms with E-state index in [0.717, 1.165) is 25.1 Å². The molecule has 2 N–H and O–H groups in total. The number of hydrogen-bond donors (Lipinski definition) is 2. The molecule has 1 saturated heterocycles. The lowest BCUT2D eigenvalue weighted by Crippen LogP contribution is -2.57. The Bertz CT molecular complexity index is 587. The summed E-state index contributed by atoms with van der Waals surface area (Å²) in [7, 11) is 0. The predicted octanol–water partition coefficient (Wildman–Crippen LogP) is 1.51. The van der Waals surface area contributed by atoms with Crippen molar-refractivity contribution in [2.24, 2.45) is 5.92 Å². The van der Waals surface area contributed by atoms with E-state index in [2.05, 4.69) is 20.5 Å². The fourth-order valence-electron chi connectivity index (χ4n) is 4.04. The second-order valence-corrected chi connectivity index (χ2v) is 7.47. The summed E-state index contributed by atoms with van der Waals surface area (Å²) in [5.74, 6) is 0.616. The Balaban J connectivity index is 1.47. The number of nitrogens with zero attached hydrogens (tertiary/aromatic N) is 2. The molecule has 2 fully saturated rings. The Labute approximate surface area is 155 Å². The number of pyridine rings is 1. The SMILES string of the molecule is O=C(CC1C(=O)NCCN1CC1CCCCC1)NCCc1cccnc1. The number of amides is 2. The summed E-state index contributed by atoms with van der Waals surface area (Å²) >= 11 is 0. The van der Waals surface area contributed by atoms with Crippen molar-refractivity contribution in [3.63, 3.8) is 0 Å². The quantitative estimate of drug-likeness (QED) is 0.775. The van der Waals surface area contributed by atoms with Gasteiger partial charge in [-0.2, -0.15) is 0 Å². The molecule has 6 heteroatoms. The van der Waals surface area contributed by atoms with Crippen molar-refractivity contribution in [3.8, 4) is 0 Å². The zero-order chi connectivity index (χ0) is 18.2. The van der Waals surface area contributed by atoms with Crippen LogP contribution in [0.3, 0.4) is 0 Å². The van der Waals surface area contributed by atoms with Crippen molar-refractivity contribution in [1.29, 1.82) is 0 Å². The lowest BCUT2D eigenvalue weighted by molar-refractivity contribution is -0.134. The van der Waals surface area contributed by atoms with Gasteiger partial charge in [0, 0.05) is 38.6 Å². The van der Waals surface area contributed by atoms with Crippen LogP contribution in [0.25, 0.3) is 0 Å². The molecule has 1 aromatic heterocycles. The van der Waals surface area contributed by atoms with Crippen LogP contribution in [-0.4, -0.2) is 53.9 Å². The van der Waals surface area contributed by atoms with Crippen LogP contribution in [0.4, 0.5) is 0 Å². The second kappa shape index (κ2) is 9.67. The second-order valence-electron chi connectivity index (χ2n) is 7.47. The van der Waals surface area contributed by atoms with Crippen LogP contribution >= 0.6 is 0 Å². The van der Waals surface area contributed by atoms with Crippen LogP contribution in [-0.2, 0) is 16.0 Å². The maximum atomic E-state index is 12.4. The largest absolute Gasteiger partial charge is 0.356 e. The third-order valence-corrected chi connectivity index (χ3v) is 5.50. The first kappa shape index (κ1) is 18.8. The van der Waals surface area contributed by atoms with E-state index in [1.165, 1.54) is 32.1 Å². The molecule has 0 spiro atoms. The molecule has 2 heterocycles. The first-order valence-electron chi connectivity index (χ1n) is 9.90. The van der Waals surface area contributed by atoms with E-state index in [1.54, 1.807) is 6.20 Å². The van der Waals surface area contributed by atoms with Crippen LogP contribution < -0.4 is 10.6 Å². The molecule has 1 aromatic rings. The maximum Gasteiger partial charge on any atom is 0.237 e. The fourth-order valence-corrected chi connectivity index (χ4v) is 4.04. The van der Waals surface area contributed by atoms with Crippen molar-refractivity contribution in [1.82, 2.24) is 20.5 Å². The molecule has 1 aliphatic carbocycles. The van der Waals surface area contributed by atoms with Gasteiger partial charge < -0.3 is 10.6 Å². The highest BCUT2D eigenvalue weighted by atomic mass is 16.2. The minimum Gasteiger partial charge on any atom is -0.356 e. The number of rotatable bonds is 7. The van der Waals surface area contributed by atoms with Crippen molar-refractivity contribution in [3.05, 3.63) is 30.1 Å². The Morgan fingerprint density at radius 2 is 2.15 bits per heavy atom. The van der Waals surface area contributed by atoms with Gasteiger partial charge in [-0.3, -0.25) is 19.5 Å². The molecule has 0 radical (unpaired) electrons. The number of hydrogen-bond acceptors (Lipinski definition) is 4. The number of nitrogens with one attached hydrogen (secondary N) is 2. The van der Waals surface area contributed by atoms with Gasteiger partial charge in [0.15, 0.2) is 0 Å². The van der Waals surface area contributed by atoms with Gasteiger partial charge in [0.1, 0.15) is 0 Å². The molecular weight excluding hydrogens is 328 g/mol. The van der Waals surface area contributed by atoms with Gasteiger partial charge in [0.2, 0.25) is 11.8 Å². The van der Waals surface area contributed by atoms with Gasteiger partial charge in [-0.25, -0.2) is 0 Å². The summed E-state index contributed by atoms with van der Waals surface area (Å²) in [5, 5.41) is 5.87. The van der Waals surface area contributed by atoms with E-state index in [1.807, 2.05) is 18.3 Å². The van der Waals surface area contributed by atoms with Crippen LogP contribution in [0, 0.1) is 5.92 Å². The van der Waals surface area contributed by atoms with Crippen LogP contribution in [0.15, 0.2) is 24.5 Å². The average molecular weight is 358 g/mol. The smallest absolute Gasteiger partial charge is 0.237 e. The first-order valence-corrected chi connectivity index (χ1v) is 9.90. The zero-order valence-electron chi connectivity index (χ0n) is 15.5. The summed E-state index contributed by atoms with van der Waals surface area (Å²) in [6.07, 6.45) is 11.0. The minimum absolute atomic E-state index is 0.00512. The number of piperazine rings is 1. The number of carbonyl (C=O) groups is 2. The Hall–Kier alpha value is -1.95. The molecule has 2 aliphatic rings. The lowest BCUT2D eigenvalue weighted by Gasteiger charge is -2.37. The zero-order valence-corrected chi connectivity index (χ0v) is 15.5. The molecule has 1 saturated carbocycles. The third-order valence-electron chi connectivity index (χ3n) is 5.50. The molecule has 2 amide bonds. The van der Waals surface area contributed by atoms with E-state index >= 15 is 0 Å². The predicted molar refractivity (Wildman–Crippen MR) is 101 cm³/mol. The summed E-state index contributed by atoms with van der Waals surface area (Å²) in [6.45, 7) is 3.04. The molecule has 26 heavy (non-hydrogen) atoms. The Kier molecular flexibility index (Phi) is 7.00. The van der Waals surface area contributed by atoms with Crippen molar-refractivity contribution in [2.75, 3.05) is 26.2 Å². The molecule has 1 atom stereocenters. The highest BCUT2D eigenvalue weighted by molar-refractivity contribution is 5.88. The lowest BCUT2D eigenvalue weighted by atomic mass is 9.88. The van der Waals surface area contributed by atoms with E-state index in [4.69, 9.17) is 0 Å². The highest BCUT2D eigenvalue weighted by Crippen LogP contribution is 2.25. The monoisotopic (exact) mass is 358 g/mol. The van der Waals surface area contributed by atoms with Gasteiger partial charge in [-0.15, -0.1) is 0 Å². The normalized spacial score (nSPS) is 22.0. The standard InChI is InChI=1S/C20H30N4O2/c25-19(22-10-8-16-7-4-9-21-14-16)13-18-20(26)23-11-12-24(18)15-17-5-2-1-3-6-17/h4,7,9,14,17-18H,1-3,5-6,8,10-13,15H2,(H,22,25)(H,23,26). The van der Waals surface area contributed by atoms with Crippen molar-refractivity contribution in [2.45, 2.75) is 51.0 Å². The van der Waals surface area contributed by atoms with Crippen LogP contribution in [0.1, 0.15) is 44.1 Å². The van der Waals surface area contributed by atoms with Crippen molar-refractivity contribution < 1.29 is 9.59 Å². The molecule has 1 aliphatic heterocycles. The first-order chi connectivity index (χ1) is 12.7. The average Bonchev–Trinajstić information content (AvgIpc) is 2.66. The van der Waals surface area contributed by atoms with E-state index in [-0.39, 0.29) is 24.3 Å². The van der Waals surface area contributed by atoms with Gasteiger partial charge in [-0.05, 0) is 36.8 Å². The van der Waals surface area contributed by atoms with Gasteiger partial charge in [-0.1, -0.05) is 25.3 Å². The third kappa shape index (κ3) is 5.53. The summed E-state index contributed by atoms with van der Waals surface area (Å²) in [6, 6.07) is 3.57. The number of carbonyl (C=O) groups excluding carboxylic acids is 2. The van der Waals surface area contributed by atoms with Crippen LogP contribution in [0.5, 0.6) is 0 Å². The molecule has 1 unspecified atom stereocenters. The summed E-state index contributed by atoms with van der Waals surface area (Å²) in [5.41, 5.74) is 1.10. The molecular formula is C20H30N4O2. The van der Waals surface area contributed by atoms with Gasteiger partial charge in [0.05, 0.1) is 12.5 Å².